The Balaban J connectivity index is 2.24. The summed E-state index contributed by atoms with van der Waals surface area (Å²) in [6.07, 6.45) is 0. The van der Waals surface area contributed by atoms with E-state index in [2.05, 4.69) is 0 Å². The summed E-state index contributed by atoms with van der Waals surface area (Å²) in [4.78, 5) is 24.0. The topological polar surface area (TPSA) is 48.3 Å². The van der Waals surface area contributed by atoms with Crippen molar-refractivity contribution in [3.05, 3.63) is 58.4 Å². The number of hydrogen-bond acceptors (Lipinski definition) is 3. The second kappa shape index (κ2) is 5.95. The van der Waals surface area contributed by atoms with Gasteiger partial charge >= 0.3 is 5.97 Å². The van der Waals surface area contributed by atoms with Crippen molar-refractivity contribution in [3.8, 4) is 0 Å². The van der Waals surface area contributed by atoms with E-state index in [1.165, 1.54) is 6.92 Å². The smallest absolute Gasteiger partial charge is 0.355 e. The zero-order valence-corrected chi connectivity index (χ0v) is 12.8. The van der Waals surface area contributed by atoms with Gasteiger partial charge in [0.2, 0.25) is 0 Å². The predicted octanol–water partition coefficient (Wildman–Crippen LogP) is 3.20. The highest BCUT2D eigenvalue weighted by Gasteiger charge is 2.23. The Kier molecular flexibility index (Phi) is 4.26. The molecule has 2 aromatic rings. The van der Waals surface area contributed by atoms with Gasteiger partial charge in [0.15, 0.2) is 5.78 Å². The van der Waals surface area contributed by atoms with Gasteiger partial charge in [-0.1, -0.05) is 30.3 Å². The third-order valence-electron chi connectivity index (χ3n) is 3.69. The first-order valence-corrected chi connectivity index (χ1v) is 6.81. The molecule has 0 saturated heterocycles. The van der Waals surface area contributed by atoms with Crippen molar-refractivity contribution in [2.75, 3.05) is 0 Å². The van der Waals surface area contributed by atoms with Crippen LogP contribution in [0.1, 0.15) is 44.6 Å². The molecule has 0 radical (unpaired) electrons. The third kappa shape index (κ3) is 2.89. The molecule has 4 nitrogen and oxygen atoms in total. The van der Waals surface area contributed by atoms with Crippen molar-refractivity contribution in [2.24, 2.45) is 7.05 Å². The number of ether oxygens (including phenoxy) is 1. The van der Waals surface area contributed by atoms with Gasteiger partial charge in [0.1, 0.15) is 12.3 Å². The fraction of sp³-hybridized carbons (Fsp3) is 0.294. The number of ketones is 1. The van der Waals surface area contributed by atoms with Gasteiger partial charge in [-0.2, -0.15) is 0 Å². The second-order valence-electron chi connectivity index (χ2n) is 5.11. The SMILES string of the molecule is CC(=O)c1c(C)c(C(=O)OCc2ccccc2)n(C)c1C. The zero-order valence-electron chi connectivity index (χ0n) is 12.8. The molecule has 0 spiro atoms. The van der Waals surface area contributed by atoms with Crippen LogP contribution < -0.4 is 0 Å². The molecule has 0 fully saturated rings. The molecule has 0 aliphatic carbocycles. The number of esters is 1. The van der Waals surface area contributed by atoms with Gasteiger partial charge < -0.3 is 9.30 Å². The standard InChI is InChI=1S/C17H19NO3/c1-11-15(13(3)19)12(2)18(4)16(11)17(20)21-10-14-8-6-5-7-9-14/h5-9H,10H2,1-4H3. The maximum absolute atomic E-state index is 12.3. The number of rotatable bonds is 4. The van der Waals surface area contributed by atoms with E-state index in [9.17, 15) is 9.59 Å². The minimum absolute atomic E-state index is 0.0392. The first kappa shape index (κ1) is 15.0. The van der Waals surface area contributed by atoms with E-state index in [-0.39, 0.29) is 12.4 Å². The maximum Gasteiger partial charge on any atom is 0.355 e. The first-order valence-electron chi connectivity index (χ1n) is 6.81. The first-order chi connectivity index (χ1) is 9.93. The van der Waals surface area contributed by atoms with Crippen LogP contribution in [0.4, 0.5) is 0 Å². The van der Waals surface area contributed by atoms with Gasteiger partial charge in [0, 0.05) is 18.3 Å². The lowest BCUT2D eigenvalue weighted by atomic mass is 10.1. The Morgan fingerprint density at radius 1 is 1.14 bits per heavy atom. The summed E-state index contributed by atoms with van der Waals surface area (Å²) >= 11 is 0. The number of aromatic nitrogens is 1. The van der Waals surface area contributed by atoms with Crippen molar-refractivity contribution >= 4 is 11.8 Å². The van der Waals surface area contributed by atoms with Gasteiger partial charge in [-0.3, -0.25) is 4.79 Å². The highest BCUT2D eigenvalue weighted by Crippen LogP contribution is 2.22. The summed E-state index contributed by atoms with van der Waals surface area (Å²) in [5.74, 6) is -0.447. The molecule has 0 bridgehead atoms. The molecule has 0 saturated carbocycles. The molecule has 1 aromatic carbocycles. The molecular formula is C17H19NO3. The summed E-state index contributed by atoms with van der Waals surface area (Å²) in [5, 5.41) is 0. The highest BCUT2D eigenvalue weighted by atomic mass is 16.5. The summed E-state index contributed by atoms with van der Waals surface area (Å²) in [6, 6.07) is 9.51. The van der Waals surface area contributed by atoms with E-state index in [0.717, 1.165) is 11.3 Å². The van der Waals surface area contributed by atoms with Crippen molar-refractivity contribution in [3.63, 3.8) is 0 Å². The molecule has 1 heterocycles. The minimum atomic E-state index is -0.408. The lowest BCUT2D eigenvalue weighted by molar-refractivity contribution is 0.0460. The fourth-order valence-electron chi connectivity index (χ4n) is 2.58. The average Bonchev–Trinajstić information content (AvgIpc) is 2.68. The fourth-order valence-corrected chi connectivity index (χ4v) is 2.58. The molecule has 0 amide bonds. The number of Topliss-reactive ketones (excluding diaryl/α,β-unsaturated/α-hetero) is 1. The van der Waals surface area contributed by atoms with Crippen LogP contribution in [0.3, 0.4) is 0 Å². The number of nitrogens with zero attached hydrogens (tertiary/aromatic N) is 1. The van der Waals surface area contributed by atoms with E-state index < -0.39 is 5.97 Å². The summed E-state index contributed by atoms with van der Waals surface area (Å²) in [6.45, 7) is 5.34. The lowest BCUT2D eigenvalue weighted by Gasteiger charge is -2.07. The van der Waals surface area contributed by atoms with Crippen LogP contribution in [0, 0.1) is 13.8 Å². The van der Waals surface area contributed by atoms with Gasteiger partial charge in [-0.15, -0.1) is 0 Å². The van der Waals surface area contributed by atoms with Gasteiger partial charge in [-0.25, -0.2) is 4.79 Å². The van der Waals surface area contributed by atoms with E-state index in [4.69, 9.17) is 4.74 Å². The molecule has 0 aliphatic rings. The van der Waals surface area contributed by atoms with E-state index >= 15 is 0 Å². The van der Waals surface area contributed by atoms with Crippen molar-refractivity contribution in [1.82, 2.24) is 4.57 Å². The molecule has 0 aliphatic heterocycles. The number of carbonyl (C=O) groups is 2. The van der Waals surface area contributed by atoms with Crippen LogP contribution in [0.2, 0.25) is 0 Å². The van der Waals surface area contributed by atoms with Gasteiger partial charge in [-0.05, 0) is 31.9 Å². The predicted molar refractivity (Wildman–Crippen MR) is 80.5 cm³/mol. The van der Waals surface area contributed by atoms with Crippen molar-refractivity contribution < 1.29 is 14.3 Å². The van der Waals surface area contributed by atoms with Gasteiger partial charge in [0.25, 0.3) is 0 Å². The maximum atomic E-state index is 12.3. The average molecular weight is 285 g/mol. The second-order valence-corrected chi connectivity index (χ2v) is 5.11. The molecule has 21 heavy (non-hydrogen) atoms. The molecule has 0 atom stereocenters. The summed E-state index contributed by atoms with van der Waals surface area (Å²) in [7, 11) is 1.77. The largest absolute Gasteiger partial charge is 0.456 e. The van der Waals surface area contributed by atoms with Crippen LogP contribution in [-0.4, -0.2) is 16.3 Å². The summed E-state index contributed by atoms with van der Waals surface area (Å²) in [5.41, 5.74) is 3.44. The van der Waals surface area contributed by atoms with Crippen LogP contribution in [0.5, 0.6) is 0 Å². The van der Waals surface area contributed by atoms with Crippen LogP contribution in [0.25, 0.3) is 0 Å². The van der Waals surface area contributed by atoms with Gasteiger partial charge in [0.05, 0.1) is 0 Å². The minimum Gasteiger partial charge on any atom is -0.456 e. The zero-order chi connectivity index (χ0) is 15.6. The van der Waals surface area contributed by atoms with E-state index in [1.807, 2.05) is 37.3 Å². The third-order valence-corrected chi connectivity index (χ3v) is 3.69. The number of hydrogen-bond donors (Lipinski definition) is 0. The van der Waals surface area contributed by atoms with Crippen LogP contribution in [0.15, 0.2) is 30.3 Å². The lowest BCUT2D eigenvalue weighted by Crippen LogP contribution is -2.12. The number of carbonyl (C=O) groups excluding carboxylic acids is 2. The molecule has 0 unspecified atom stereocenters. The molecule has 110 valence electrons. The van der Waals surface area contributed by atoms with E-state index in [0.29, 0.717) is 16.8 Å². The highest BCUT2D eigenvalue weighted by molar-refractivity contribution is 6.01. The van der Waals surface area contributed by atoms with Crippen LogP contribution in [-0.2, 0) is 18.4 Å². The molecule has 4 heteroatoms. The molecular weight excluding hydrogens is 266 g/mol. The Hall–Kier alpha value is -2.36. The monoisotopic (exact) mass is 285 g/mol. The Bertz CT molecular complexity index is 684. The number of benzene rings is 1. The Morgan fingerprint density at radius 2 is 1.76 bits per heavy atom. The normalized spacial score (nSPS) is 10.5. The Morgan fingerprint density at radius 3 is 2.29 bits per heavy atom. The Labute approximate surface area is 124 Å². The molecule has 1 aromatic heterocycles. The van der Waals surface area contributed by atoms with E-state index in [1.54, 1.807) is 18.5 Å². The quantitative estimate of drug-likeness (QED) is 0.640. The molecule has 0 N–H and O–H groups in total. The van der Waals surface area contributed by atoms with Crippen molar-refractivity contribution in [2.45, 2.75) is 27.4 Å². The summed E-state index contributed by atoms with van der Waals surface area (Å²) < 4.78 is 7.07. The van der Waals surface area contributed by atoms with Crippen molar-refractivity contribution in [1.29, 1.82) is 0 Å². The van der Waals surface area contributed by atoms with Crippen LogP contribution >= 0.6 is 0 Å². The molecule has 2 rings (SSSR count).